The van der Waals surface area contributed by atoms with Crippen LogP contribution < -0.4 is 9.64 Å². The van der Waals surface area contributed by atoms with Gasteiger partial charge in [-0.2, -0.15) is 0 Å². The first-order valence-electron chi connectivity index (χ1n) is 5.54. The van der Waals surface area contributed by atoms with E-state index in [1.54, 1.807) is 0 Å². The summed E-state index contributed by atoms with van der Waals surface area (Å²) in [7, 11) is 0. The number of ether oxygens (including phenoxy) is 1. The molecule has 0 bridgehead atoms. The molecule has 86 valence electrons. The van der Waals surface area contributed by atoms with Gasteiger partial charge < -0.3 is 9.64 Å². The van der Waals surface area contributed by atoms with E-state index in [2.05, 4.69) is 51.2 Å². The van der Waals surface area contributed by atoms with Crippen LogP contribution in [0.2, 0.25) is 0 Å². The van der Waals surface area contributed by atoms with Crippen molar-refractivity contribution in [2.45, 2.75) is 6.54 Å². The topological polar surface area (TPSA) is 12.5 Å². The molecule has 0 fully saturated rings. The molecule has 0 radical (unpaired) electrons. The first-order chi connectivity index (χ1) is 8.33. The van der Waals surface area contributed by atoms with E-state index in [4.69, 9.17) is 4.74 Å². The number of benzene rings is 2. The number of rotatable bonds is 1. The van der Waals surface area contributed by atoms with Crippen molar-refractivity contribution in [1.29, 1.82) is 0 Å². The number of fused-ring (bicyclic) bond motifs is 1. The predicted octanol–water partition coefficient (Wildman–Crippen LogP) is 3.81. The van der Waals surface area contributed by atoms with Crippen molar-refractivity contribution in [3.8, 4) is 5.75 Å². The van der Waals surface area contributed by atoms with E-state index in [0.29, 0.717) is 6.73 Å². The summed E-state index contributed by atoms with van der Waals surface area (Å²) in [5.41, 5.74) is 2.42. The molecular formula is C14H12BrNO. The summed E-state index contributed by atoms with van der Waals surface area (Å²) >= 11 is 3.45. The Bertz CT molecular complexity index is 524. The third-order valence-electron chi connectivity index (χ3n) is 2.90. The van der Waals surface area contributed by atoms with Crippen LogP contribution in [0.1, 0.15) is 5.56 Å². The average Bonchev–Trinajstić information content (AvgIpc) is 2.39. The van der Waals surface area contributed by atoms with Gasteiger partial charge >= 0.3 is 0 Å². The van der Waals surface area contributed by atoms with E-state index < -0.39 is 0 Å². The molecule has 17 heavy (non-hydrogen) atoms. The minimum Gasteiger partial charge on any atom is -0.473 e. The van der Waals surface area contributed by atoms with Gasteiger partial charge in [0.25, 0.3) is 0 Å². The molecule has 3 rings (SSSR count). The van der Waals surface area contributed by atoms with Crippen LogP contribution in [0.5, 0.6) is 5.75 Å². The van der Waals surface area contributed by atoms with Crippen LogP contribution in [-0.2, 0) is 6.54 Å². The van der Waals surface area contributed by atoms with Crippen LogP contribution >= 0.6 is 15.9 Å². The summed E-state index contributed by atoms with van der Waals surface area (Å²) in [5, 5.41) is 0. The normalized spacial score (nSPS) is 14.1. The Labute approximate surface area is 109 Å². The first kappa shape index (κ1) is 10.7. The third-order valence-corrected chi connectivity index (χ3v) is 3.43. The summed E-state index contributed by atoms with van der Waals surface area (Å²) in [4.78, 5) is 2.22. The van der Waals surface area contributed by atoms with Crippen molar-refractivity contribution in [3.63, 3.8) is 0 Å². The molecule has 1 aliphatic rings. The van der Waals surface area contributed by atoms with E-state index in [0.717, 1.165) is 16.8 Å². The van der Waals surface area contributed by atoms with Gasteiger partial charge in [-0.1, -0.05) is 34.1 Å². The fourth-order valence-electron chi connectivity index (χ4n) is 1.99. The Hall–Kier alpha value is -1.48. The molecule has 2 aromatic carbocycles. The maximum Gasteiger partial charge on any atom is 0.161 e. The smallest absolute Gasteiger partial charge is 0.161 e. The largest absolute Gasteiger partial charge is 0.473 e. The van der Waals surface area contributed by atoms with Crippen molar-refractivity contribution >= 4 is 21.6 Å². The quantitative estimate of drug-likeness (QED) is 0.792. The third kappa shape index (κ3) is 2.15. The molecule has 0 amide bonds. The molecule has 0 saturated heterocycles. The Morgan fingerprint density at radius 1 is 1.00 bits per heavy atom. The monoisotopic (exact) mass is 289 g/mol. The summed E-state index contributed by atoms with van der Waals surface area (Å²) in [6.45, 7) is 1.51. The Balaban J connectivity index is 1.86. The molecule has 0 aliphatic carbocycles. The molecule has 3 heteroatoms. The van der Waals surface area contributed by atoms with Crippen molar-refractivity contribution in [1.82, 2.24) is 0 Å². The molecule has 2 nitrogen and oxygen atoms in total. The molecule has 1 heterocycles. The summed E-state index contributed by atoms with van der Waals surface area (Å²) in [6.07, 6.45) is 0. The highest BCUT2D eigenvalue weighted by atomic mass is 79.9. The lowest BCUT2D eigenvalue weighted by Crippen LogP contribution is -2.31. The number of para-hydroxylation sites is 1. The highest BCUT2D eigenvalue weighted by molar-refractivity contribution is 9.10. The molecular weight excluding hydrogens is 278 g/mol. The zero-order chi connectivity index (χ0) is 11.7. The van der Waals surface area contributed by atoms with Crippen LogP contribution in [0.15, 0.2) is 53.0 Å². The lowest BCUT2D eigenvalue weighted by atomic mass is 10.1. The van der Waals surface area contributed by atoms with Crippen LogP contribution in [-0.4, -0.2) is 6.73 Å². The molecule has 0 unspecified atom stereocenters. The molecule has 0 N–H and O–H groups in total. The van der Waals surface area contributed by atoms with E-state index in [1.807, 2.05) is 18.2 Å². The van der Waals surface area contributed by atoms with E-state index in [1.165, 1.54) is 11.3 Å². The van der Waals surface area contributed by atoms with Crippen molar-refractivity contribution < 1.29 is 4.74 Å². The van der Waals surface area contributed by atoms with E-state index >= 15 is 0 Å². The highest BCUT2D eigenvalue weighted by Gasteiger charge is 2.16. The van der Waals surface area contributed by atoms with Crippen molar-refractivity contribution in [2.75, 3.05) is 11.6 Å². The summed E-state index contributed by atoms with van der Waals surface area (Å²) in [6, 6.07) is 16.5. The molecule has 0 aromatic heterocycles. The number of hydrogen-bond acceptors (Lipinski definition) is 2. The fraction of sp³-hybridized carbons (Fsp3) is 0.143. The number of nitrogens with zero attached hydrogens (tertiary/aromatic N) is 1. The minimum absolute atomic E-state index is 0.610. The zero-order valence-electron chi connectivity index (χ0n) is 9.27. The van der Waals surface area contributed by atoms with Gasteiger partial charge in [0.1, 0.15) is 5.75 Å². The SMILES string of the molecule is Brc1ccc(N2COc3ccccc3C2)cc1. The lowest BCUT2D eigenvalue weighted by Gasteiger charge is -2.30. The Morgan fingerprint density at radius 3 is 2.59 bits per heavy atom. The van der Waals surface area contributed by atoms with Gasteiger partial charge in [0.2, 0.25) is 0 Å². The Morgan fingerprint density at radius 2 is 1.76 bits per heavy atom. The van der Waals surface area contributed by atoms with E-state index in [9.17, 15) is 0 Å². The second kappa shape index (κ2) is 4.41. The van der Waals surface area contributed by atoms with Gasteiger partial charge in [0, 0.05) is 22.3 Å². The van der Waals surface area contributed by atoms with Gasteiger partial charge in [-0.15, -0.1) is 0 Å². The molecule has 0 saturated carbocycles. The van der Waals surface area contributed by atoms with Gasteiger partial charge in [0.15, 0.2) is 6.73 Å². The summed E-state index contributed by atoms with van der Waals surface area (Å²) in [5.74, 6) is 1.00. The first-order valence-corrected chi connectivity index (χ1v) is 6.33. The van der Waals surface area contributed by atoms with Gasteiger partial charge in [-0.3, -0.25) is 0 Å². The second-order valence-electron chi connectivity index (χ2n) is 4.06. The zero-order valence-corrected chi connectivity index (χ0v) is 10.9. The minimum atomic E-state index is 0.610. The van der Waals surface area contributed by atoms with E-state index in [-0.39, 0.29) is 0 Å². The maximum absolute atomic E-state index is 5.73. The second-order valence-corrected chi connectivity index (χ2v) is 4.97. The molecule has 1 aliphatic heterocycles. The lowest BCUT2D eigenvalue weighted by molar-refractivity contribution is 0.289. The van der Waals surface area contributed by atoms with Gasteiger partial charge in [-0.05, 0) is 30.3 Å². The van der Waals surface area contributed by atoms with Crippen LogP contribution in [0.25, 0.3) is 0 Å². The molecule has 0 spiro atoms. The Kier molecular flexibility index (Phi) is 2.77. The number of anilines is 1. The van der Waals surface area contributed by atoms with Crippen LogP contribution in [0, 0.1) is 0 Å². The highest BCUT2D eigenvalue weighted by Crippen LogP contribution is 2.28. The number of hydrogen-bond donors (Lipinski definition) is 0. The fourth-order valence-corrected chi connectivity index (χ4v) is 2.26. The predicted molar refractivity (Wildman–Crippen MR) is 72.3 cm³/mol. The standard InChI is InChI=1S/C14H12BrNO/c15-12-5-7-13(8-6-12)16-9-11-3-1-2-4-14(11)17-10-16/h1-8H,9-10H2. The maximum atomic E-state index is 5.73. The summed E-state index contributed by atoms with van der Waals surface area (Å²) < 4.78 is 6.83. The molecule has 0 atom stereocenters. The van der Waals surface area contributed by atoms with Gasteiger partial charge in [-0.25, -0.2) is 0 Å². The van der Waals surface area contributed by atoms with Gasteiger partial charge in [0.05, 0.1) is 0 Å². The average molecular weight is 290 g/mol. The van der Waals surface area contributed by atoms with Crippen molar-refractivity contribution in [2.24, 2.45) is 0 Å². The van der Waals surface area contributed by atoms with Crippen molar-refractivity contribution in [3.05, 3.63) is 58.6 Å². The molecule has 2 aromatic rings. The van der Waals surface area contributed by atoms with Crippen LogP contribution in [0.3, 0.4) is 0 Å². The van der Waals surface area contributed by atoms with Crippen LogP contribution in [0.4, 0.5) is 5.69 Å². The number of halogens is 1.